The molecule has 0 amide bonds. The van der Waals surface area contributed by atoms with Crippen molar-refractivity contribution in [2.24, 2.45) is 5.92 Å². The lowest BCUT2D eigenvalue weighted by Crippen LogP contribution is -2.43. The van der Waals surface area contributed by atoms with Crippen LogP contribution >= 0.6 is 15.9 Å². The lowest BCUT2D eigenvalue weighted by atomic mass is 9.97. The van der Waals surface area contributed by atoms with E-state index >= 15 is 0 Å². The third-order valence-corrected chi connectivity index (χ3v) is 11.4. The second-order valence-electron chi connectivity index (χ2n) is 9.16. The van der Waals surface area contributed by atoms with Crippen molar-refractivity contribution in [3.63, 3.8) is 0 Å². The number of anilines is 1. The highest BCUT2D eigenvalue weighted by atomic mass is 79.9. The van der Waals surface area contributed by atoms with Crippen LogP contribution in [0.15, 0.2) is 16.7 Å². The molecule has 154 valence electrons. The fraction of sp³-hybridized carbons (Fsp3) is 0.632. The molecule has 1 aliphatic rings. The molecule has 9 heteroatoms. The number of nitrogens with one attached hydrogen (secondary N) is 1. The van der Waals surface area contributed by atoms with Crippen LogP contribution in [0, 0.1) is 16.0 Å². The number of rotatable bonds is 5. The molecule has 0 radical (unpaired) electrons. The van der Waals surface area contributed by atoms with Gasteiger partial charge in [-0.2, -0.15) is 5.10 Å². The summed E-state index contributed by atoms with van der Waals surface area (Å²) >= 11 is 3.41. The van der Waals surface area contributed by atoms with Gasteiger partial charge in [-0.1, -0.05) is 20.8 Å². The van der Waals surface area contributed by atoms with Gasteiger partial charge in [-0.3, -0.25) is 15.2 Å². The first-order chi connectivity index (χ1) is 13.0. The molecule has 0 saturated carbocycles. The largest absolute Gasteiger partial charge is 0.417 e. The van der Waals surface area contributed by atoms with E-state index in [1.165, 1.54) is 0 Å². The number of H-pyrrole nitrogens is 1. The lowest BCUT2D eigenvalue weighted by Gasteiger charge is -2.39. The Balaban J connectivity index is 1.70. The van der Waals surface area contributed by atoms with Gasteiger partial charge in [0.15, 0.2) is 8.32 Å². The number of aromatic amines is 1. The van der Waals surface area contributed by atoms with Crippen LogP contribution in [-0.2, 0) is 4.43 Å². The van der Waals surface area contributed by atoms with Crippen molar-refractivity contribution < 1.29 is 9.35 Å². The predicted octanol–water partition coefficient (Wildman–Crippen LogP) is 5.47. The van der Waals surface area contributed by atoms with Crippen molar-refractivity contribution in [3.8, 4) is 0 Å². The fourth-order valence-electron chi connectivity index (χ4n) is 3.29. The number of nitro groups is 1. The van der Waals surface area contributed by atoms with Crippen LogP contribution in [0.1, 0.15) is 33.6 Å². The molecule has 0 spiro atoms. The van der Waals surface area contributed by atoms with Crippen molar-refractivity contribution in [1.29, 1.82) is 0 Å². The topological polar surface area (TPSA) is 84.3 Å². The monoisotopic (exact) mass is 468 g/mol. The molecule has 7 nitrogen and oxygen atoms in total. The van der Waals surface area contributed by atoms with Gasteiger partial charge in [0.1, 0.15) is 10.3 Å². The Bertz CT molecular complexity index is 870. The van der Waals surface area contributed by atoms with E-state index in [-0.39, 0.29) is 15.6 Å². The van der Waals surface area contributed by atoms with Gasteiger partial charge in [0.2, 0.25) is 0 Å². The molecule has 1 fully saturated rings. The van der Waals surface area contributed by atoms with Crippen LogP contribution in [0.4, 0.5) is 11.4 Å². The van der Waals surface area contributed by atoms with E-state index in [0.717, 1.165) is 37.9 Å². The van der Waals surface area contributed by atoms with Crippen molar-refractivity contribution >= 4 is 46.5 Å². The third-order valence-electron chi connectivity index (χ3n) is 6.25. The molecule has 3 rings (SSSR count). The number of halogens is 1. The Morgan fingerprint density at radius 2 is 2.00 bits per heavy atom. The quantitative estimate of drug-likeness (QED) is 0.357. The number of nitrogens with zero attached hydrogens (tertiary/aromatic N) is 3. The zero-order chi connectivity index (χ0) is 20.7. The number of benzene rings is 1. The van der Waals surface area contributed by atoms with Crippen molar-refractivity contribution in [3.05, 3.63) is 26.9 Å². The van der Waals surface area contributed by atoms with E-state index in [0.29, 0.717) is 21.7 Å². The molecule has 0 atom stereocenters. The molecule has 1 saturated heterocycles. The van der Waals surface area contributed by atoms with Gasteiger partial charge in [0, 0.05) is 31.1 Å². The summed E-state index contributed by atoms with van der Waals surface area (Å²) in [5.41, 5.74) is 1.46. The van der Waals surface area contributed by atoms with Crippen LogP contribution in [0.5, 0.6) is 0 Å². The van der Waals surface area contributed by atoms with Crippen LogP contribution in [0.25, 0.3) is 10.9 Å². The first kappa shape index (κ1) is 21.3. The predicted molar refractivity (Wildman–Crippen MR) is 119 cm³/mol. The average molecular weight is 469 g/mol. The number of nitro benzene ring substituents is 1. The number of hydrogen-bond acceptors (Lipinski definition) is 5. The van der Waals surface area contributed by atoms with Crippen LogP contribution in [0.3, 0.4) is 0 Å². The van der Waals surface area contributed by atoms with E-state index in [4.69, 9.17) is 4.43 Å². The number of hydrogen-bond donors (Lipinski definition) is 1. The van der Waals surface area contributed by atoms with Gasteiger partial charge in [0.05, 0.1) is 10.4 Å². The molecule has 1 aromatic heterocycles. The Morgan fingerprint density at radius 3 is 2.57 bits per heavy atom. The van der Waals surface area contributed by atoms with Gasteiger partial charge < -0.3 is 9.33 Å². The molecule has 0 aliphatic carbocycles. The van der Waals surface area contributed by atoms with Gasteiger partial charge >= 0.3 is 0 Å². The van der Waals surface area contributed by atoms with E-state index in [2.05, 4.69) is 64.9 Å². The highest BCUT2D eigenvalue weighted by Gasteiger charge is 2.38. The average Bonchev–Trinajstić information content (AvgIpc) is 2.99. The summed E-state index contributed by atoms with van der Waals surface area (Å²) in [6, 6.07) is 3.45. The van der Waals surface area contributed by atoms with Gasteiger partial charge in [-0.25, -0.2) is 0 Å². The summed E-state index contributed by atoms with van der Waals surface area (Å²) in [6.07, 6.45) is 1.97. The van der Waals surface area contributed by atoms with Crippen molar-refractivity contribution in [2.45, 2.75) is 51.7 Å². The Kier molecular flexibility index (Phi) is 5.89. The van der Waals surface area contributed by atoms with E-state index < -0.39 is 8.32 Å². The third kappa shape index (κ3) is 4.26. The second-order valence-corrected chi connectivity index (χ2v) is 14.7. The van der Waals surface area contributed by atoms with Gasteiger partial charge in [0.25, 0.3) is 5.69 Å². The van der Waals surface area contributed by atoms with E-state index in [9.17, 15) is 10.1 Å². The maximum atomic E-state index is 11.6. The van der Waals surface area contributed by atoms with Crippen LogP contribution in [0.2, 0.25) is 18.1 Å². The van der Waals surface area contributed by atoms with Crippen LogP contribution in [-0.4, -0.2) is 43.1 Å². The molecule has 2 aromatic rings. The first-order valence-corrected chi connectivity index (χ1v) is 13.4. The molecule has 0 bridgehead atoms. The molecule has 0 unspecified atom stereocenters. The fourth-order valence-corrected chi connectivity index (χ4v) is 4.79. The van der Waals surface area contributed by atoms with Crippen molar-refractivity contribution in [1.82, 2.24) is 10.2 Å². The highest BCUT2D eigenvalue weighted by Crippen LogP contribution is 2.39. The molecular weight excluding hydrogens is 440 g/mol. The maximum Gasteiger partial charge on any atom is 0.294 e. The molecule has 1 aliphatic heterocycles. The maximum absolute atomic E-state index is 11.6. The normalized spacial score (nSPS) is 16.7. The minimum absolute atomic E-state index is 0.125. The number of fused-ring (bicyclic) bond motifs is 1. The minimum atomic E-state index is -1.74. The standard InChI is InChI=1S/C19H29BrN4O3Si/c1-19(2,3)28(4,5)27-12-13-6-8-23(9-7-13)16-10-14-15(21-22-18(14)20)11-17(16)24(25)26/h10-11,13H,6-9,12H2,1-5H3,(H,21,22). The second kappa shape index (κ2) is 7.76. The Morgan fingerprint density at radius 1 is 1.36 bits per heavy atom. The highest BCUT2D eigenvalue weighted by molar-refractivity contribution is 9.10. The van der Waals surface area contributed by atoms with Gasteiger partial charge in [-0.05, 0) is 58.9 Å². The van der Waals surface area contributed by atoms with Gasteiger partial charge in [-0.15, -0.1) is 0 Å². The van der Waals surface area contributed by atoms with E-state index in [1.807, 2.05) is 6.07 Å². The summed E-state index contributed by atoms with van der Waals surface area (Å²) < 4.78 is 7.07. The first-order valence-electron chi connectivity index (χ1n) is 9.70. The molecule has 1 N–H and O–H groups in total. The zero-order valence-corrected chi connectivity index (χ0v) is 19.8. The lowest BCUT2D eigenvalue weighted by molar-refractivity contribution is -0.384. The van der Waals surface area contributed by atoms with Crippen LogP contribution < -0.4 is 4.90 Å². The number of aromatic nitrogens is 2. The minimum Gasteiger partial charge on any atom is -0.417 e. The Labute approximate surface area is 175 Å². The molecular formula is C19H29BrN4O3Si. The number of piperidine rings is 1. The smallest absolute Gasteiger partial charge is 0.294 e. The SMILES string of the molecule is CC(C)(C)[Si](C)(C)OCC1CCN(c2cc3c(Br)n[nH]c3cc2[N+](=O)[O-])CC1. The Hall–Kier alpha value is -1.45. The molecule has 28 heavy (non-hydrogen) atoms. The summed E-state index contributed by atoms with van der Waals surface area (Å²) in [5.74, 6) is 0.508. The summed E-state index contributed by atoms with van der Waals surface area (Å²) in [6.45, 7) is 13.7. The summed E-state index contributed by atoms with van der Waals surface area (Å²) in [4.78, 5) is 13.4. The van der Waals surface area contributed by atoms with Crippen molar-refractivity contribution in [2.75, 3.05) is 24.6 Å². The zero-order valence-electron chi connectivity index (χ0n) is 17.2. The molecule has 2 heterocycles. The summed E-state index contributed by atoms with van der Waals surface area (Å²) in [5, 5.41) is 19.6. The van der Waals surface area contributed by atoms with E-state index in [1.54, 1.807) is 6.07 Å². The summed E-state index contributed by atoms with van der Waals surface area (Å²) in [7, 11) is -1.74. The molecule has 1 aromatic carbocycles.